The molecule has 2 aliphatic rings. The van der Waals surface area contributed by atoms with Gasteiger partial charge in [-0.1, -0.05) is 41.9 Å². The Morgan fingerprint density at radius 2 is 1.97 bits per heavy atom. The number of benzene rings is 2. The molecule has 8 heteroatoms. The van der Waals surface area contributed by atoms with Crippen molar-refractivity contribution < 1.29 is 28.5 Å². The van der Waals surface area contributed by atoms with Crippen molar-refractivity contribution in [2.24, 2.45) is 11.1 Å². The van der Waals surface area contributed by atoms with Crippen LogP contribution in [0.4, 0.5) is 0 Å². The molecule has 0 spiro atoms. The first-order valence-electron chi connectivity index (χ1n) is 11.8. The minimum atomic E-state index is -0.716. The van der Waals surface area contributed by atoms with E-state index in [-0.39, 0.29) is 35.9 Å². The third-order valence-electron chi connectivity index (χ3n) is 6.28. The van der Waals surface area contributed by atoms with Gasteiger partial charge in [0.2, 0.25) is 5.88 Å². The number of nitrogens with two attached hydrogens (primary N) is 1. The highest BCUT2D eigenvalue weighted by Crippen LogP contribution is 2.48. The fourth-order valence-electron chi connectivity index (χ4n) is 4.73. The van der Waals surface area contributed by atoms with E-state index in [9.17, 15) is 9.59 Å². The number of rotatable bonds is 7. The Morgan fingerprint density at radius 1 is 1.19 bits per heavy atom. The molecule has 0 amide bonds. The van der Waals surface area contributed by atoms with E-state index in [0.717, 1.165) is 10.0 Å². The highest BCUT2D eigenvalue weighted by atomic mass is 79.9. The molecule has 1 aliphatic heterocycles. The Balaban J connectivity index is 1.79. The number of ketones is 1. The SMILES string of the molecule is CCOC(=O)C1=C(N)OC2=C(C(=O)CC(C)(C)C2)[C@@H]1c1ccc(OC)c(COc2cccc(Br)c2)c1. The third-order valence-corrected chi connectivity index (χ3v) is 6.77. The second-order valence-electron chi connectivity index (χ2n) is 9.63. The van der Waals surface area contributed by atoms with E-state index < -0.39 is 11.9 Å². The first-order chi connectivity index (χ1) is 17.1. The molecule has 4 rings (SSSR count). The van der Waals surface area contributed by atoms with Gasteiger partial charge in [0.15, 0.2) is 5.78 Å². The van der Waals surface area contributed by atoms with Crippen LogP contribution >= 0.6 is 15.9 Å². The zero-order chi connectivity index (χ0) is 26.0. The predicted molar refractivity (Wildman–Crippen MR) is 138 cm³/mol. The smallest absolute Gasteiger partial charge is 0.340 e. The molecular formula is C28H30BrNO6. The summed E-state index contributed by atoms with van der Waals surface area (Å²) in [6.45, 7) is 6.13. The van der Waals surface area contributed by atoms with Crippen LogP contribution in [0.3, 0.4) is 0 Å². The number of ether oxygens (including phenoxy) is 4. The summed E-state index contributed by atoms with van der Waals surface area (Å²) in [5, 5.41) is 0. The van der Waals surface area contributed by atoms with Crippen molar-refractivity contribution in [2.45, 2.75) is 46.1 Å². The molecule has 0 saturated carbocycles. The van der Waals surface area contributed by atoms with E-state index in [1.165, 1.54) is 0 Å². The third kappa shape index (κ3) is 5.28. The number of hydrogen-bond donors (Lipinski definition) is 1. The average Bonchev–Trinajstić information content (AvgIpc) is 2.81. The molecule has 1 atom stereocenters. The summed E-state index contributed by atoms with van der Waals surface area (Å²) in [7, 11) is 1.58. The predicted octanol–water partition coefficient (Wildman–Crippen LogP) is 5.53. The fourth-order valence-corrected chi connectivity index (χ4v) is 5.11. The normalized spacial score (nSPS) is 18.9. The molecule has 0 fully saturated rings. The van der Waals surface area contributed by atoms with Crippen molar-refractivity contribution in [3.8, 4) is 11.5 Å². The maximum atomic E-state index is 13.4. The molecule has 0 saturated heterocycles. The van der Waals surface area contributed by atoms with E-state index in [1.54, 1.807) is 20.1 Å². The van der Waals surface area contributed by atoms with Crippen LogP contribution in [0.15, 0.2) is 69.7 Å². The number of allylic oxidation sites excluding steroid dienone is 2. The van der Waals surface area contributed by atoms with E-state index in [4.69, 9.17) is 24.7 Å². The summed E-state index contributed by atoms with van der Waals surface area (Å²) >= 11 is 3.45. The highest BCUT2D eigenvalue weighted by molar-refractivity contribution is 9.10. The van der Waals surface area contributed by atoms with Gasteiger partial charge < -0.3 is 24.7 Å². The molecule has 2 N–H and O–H groups in total. The first-order valence-corrected chi connectivity index (χ1v) is 12.6. The number of hydrogen-bond acceptors (Lipinski definition) is 7. The van der Waals surface area contributed by atoms with Crippen LogP contribution in [-0.2, 0) is 25.7 Å². The van der Waals surface area contributed by atoms with Gasteiger partial charge in [0, 0.05) is 28.5 Å². The summed E-state index contributed by atoms with van der Waals surface area (Å²) in [5.74, 6) is 0.400. The maximum absolute atomic E-state index is 13.4. The van der Waals surface area contributed by atoms with Crippen LogP contribution < -0.4 is 15.2 Å². The number of methoxy groups -OCH3 is 1. The summed E-state index contributed by atoms with van der Waals surface area (Å²) in [5.41, 5.74) is 8.06. The standard InChI is InChI=1S/C28H30BrNO6/c1-5-34-27(32)25-23(24-20(31)13-28(2,3)14-22(24)36-26(25)30)16-9-10-21(33-4)17(11-16)15-35-19-8-6-7-18(29)12-19/h6-12,23H,5,13-15,30H2,1-4H3/t23-/m0/s1. The van der Waals surface area contributed by atoms with E-state index in [0.29, 0.717) is 41.2 Å². The largest absolute Gasteiger partial charge is 0.496 e. The van der Waals surface area contributed by atoms with Gasteiger partial charge in [-0.25, -0.2) is 4.79 Å². The number of carbonyl (C=O) groups excluding carboxylic acids is 2. The molecule has 0 bridgehead atoms. The first kappa shape index (κ1) is 25.8. The van der Waals surface area contributed by atoms with E-state index >= 15 is 0 Å². The molecule has 1 heterocycles. The van der Waals surface area contributed by atoms with Gasteiger partial charge in [0.25, 0.3) is 0 Å². The van der Waals surface area contributed by atoms with Crippen LogP contribution in [-0.4, -0.2) is 25.5 Å². The summed E-state index contributed by atoms with van der Waals surface area (Å²) in [6, 6.07) is 13.1. The van der Waals surface area contributed by atoms with Gasteiger partial charge >= 0.3 is 5.97 Å². The molecule has 2 aromatic carbocycles. The van der Waals surface area contributed by atoms with Crippen molar-refractivity contribution in [1.82, 2.24) is 0 Å². The molecule has 1 aliphatic carbocycles. The topological polar surface area (TPSA) is 97.1 Å². The molecule has 0 unspecified atom stereocenters. The van der Waals surface area contributed by atoms with Gasteiger partial charge in [-0.15, -0.1) is 0 Å². The summed E-state index contributed by atoms with van der Waals surface area (Å²) in [4.78, 5) is 26.4. The molecule has 7 nitrogen and oxygen atoms in total. The van der Waals surface area contributed by atoms with E-state index in [2.05, 4.69) is 15.9 Å². The minimum Gasteiger partial charge on any atom is -0.496 e. The average molecular weight is 556 g/mol. The second kappa shape index (κ2) is 10.4. The maximum Gasteiger partial charge on any atom is 0.340 e. The molecule has 0 radical (unpaired) electrons. The van der Waals surface area contributed by atoms with Crippen LogP contribution in [0.1, 0.15) is 50.7 Å². The molecule has 190 valence electrons. The Labute approximate surface area is 219 Å². The number of esters is 1. The van der Waals surface area contributed by atoms with Crippen molar-refractivity contribution in [2.75, 3.05) is 13.7 Å². The van der Waals surface area contributed by atoms with Gasteiger partial charge in [-0.2, -0.15) is 0 Å². The number of Topliss-reactive ketones (excluding diaryl/α,β-unsaturated/α-hetero) is 1. The molecule has 36 heavy (non-hydrogen) atoms. The lowest BCUT2D eigenvalue weighted by molar-refractivity contribution is -0.139. The van der Waals surface area contributed by atoms with Crippen molar-refractivity contribution in [3.63, 3.8) is 0 Å². The number of carbonyl (C=O) groups is 2. The highest BCUT2D eigenvalue weighted by Gasteiger charge is 2.45. The minimum absolute atomic E-state index is 0.0366. The quantitative estimate of drug-likeness (QED) is 0.448. The fraction of sp³-hybridized carbons (Fsp3) is 0.357. The Kier molecular flexibility index (Phi) is 7.45. The van der Waals surface area contributed by atoms with Crippen LogP contribution in [0.25, 0.3) is 0 Å². The number of halogens is 1. The zero-order valence-electron chi connectivity index (χ0n) is 20.9. The van der Waals surface area contributed by atoms with Gasteiger partial charge in [0.1, 0.15) is 29.4 Å². The van der Waals surface area contributed by atoms with Crippen LogP contribution in [0, 0.1) is 5.41 Å². The van der Waals surface area contributed by atoms with Crippen LogP contribution in [0.2, 0.25) is 0 Å². The lowest BCUT2D eigenvalue weighted by Crippen LogP contribution is -2.35. The van der Waals surface area contributed by atoms with Crippen molar-refractivity contribution >= 4 is 27.7 Å². The lowest BCUT2D eigenvalue weighted by atomic mass is 9.70. The summed E-state index contributed by atoms with van der Waals surface area (Å²) in [6.07, 6.45) is 0.882. The molecule has 2 aromatic rings. The van der Waals surface area contributed by atoms with Crippen molar-refractivity contribution in [3.05, 3.63) is 80.9 Å². The van der Waals surface area contributed by atoms with Gasteiger partial charge in [0.05, 0.1) is 19.6 Å². The Morgan fingerprint density at radius 3 is 2.67 bits per heavy atom. The van der Waals surface area contributed by atoms with E-state index in [1.807, 2.05) is 50.2 Å². The molecular weight excluding hydrogens is 526 g/mol. The Bertz CT molecular complexity index is 1260. The van der Waals surface area contributed by atoms with Gasteiger partial charge in [-0.3, -0.25) is 4.79 Å². The molecule has 0 aromatic heterocycles. The van der Waals surface area contributed by atoms with Crippen molar-refractivity contribution in [1.29, 1.82) is 0 Å². The monoisotopic (exact) mass is 555 g/mol. The van der Waals surface area contributed by atoms with Crippen LogP contribution in [0.5, 0.6) is 11.5 Å². The lowest BCUT2D eigenvalue weighted by Gasteiger charge is -2.38. The van der Waals surface area contributed by atoms with Gasteiger partial charge in [-0.05, 0) is 48.2 Å². The Hall–Kier alpha value is -3.26. The zero-order valence-corrected chi connectivity index (χ0v) is 22.4. The summed E-state index contributed by atoms with van der Waals surface area (Å²) < 4.78 is 23.7. The second-order valence-corrected chi connectivity index (χ2v) is 10.5.